The van der Waals surface area contributed by atoms with Crippen LogP contribution in [-0.2, 0) is 0 Å². The fourth-order valence-corrected chi connectivity index (χ4v) is 1.60. The van der Waals surface area contributed by atoms with Crippen LogP contribution in [0.15, 0.2) is 6.20 Å². The van der Waals surface area contributed by atoms with Crippen molar-refractivity contribution in [3.63, 3.8) is 0 Å². The standard InChI is InChI=1S/C10H14N6O4/c11-8-5-9(16-10(12)15-8)13-1-3(14-5)6(19)7(20)4(18)2-17/h1,4,6-7,17-20H,2H2,(H4,11,12,13,15,16). The number of nitrogen functional groups attached to an aromatic ring is 2. The molecule has 2 aromatic heterocycles. The Morgan fingerprint density at radius 1 is 1.10 bits per heavy atom. The maximum Gasteiger partial charge on any atom is 0.224 e. The Morgan fingerprint density at radius 2 is 1.80 bits per heavy atom. The number of aliphatic hydroxyl groups excluding tert-OH is 4. The molecule has 0 aromatic carbocycles. The van der Waals surface area contributed by atoms with Crippen LogP contribution in [-0.4, -0.2) is 59.2 Å². The summed E-state index contributed by atoms with van der Waals surface area (Å²) in [5, 5.41) is 37.5. The molecule has 3 atom stereocenters. The summed E-state index contributed by atoms with van der Waals surface area (Å²) < 4.78 is 0. The van der Waals surface area contributed by atoms with E-state index in [2.05, 4.69) is 19.9 Å². The van der Waals surface area contributed by atoms with Crippen molar-refractivity contribution < 1.29 is 20.4 Å². The number of hydrogen-bond acceptors (Lipinski definition) is 10. The Bertz CT molecular complexity index is 624. The smallest absolute Gasteiger partial charge is 0.224 e. The molecule has 0 amide bonds. The average molecular weight is 282 g/mol. The third kappa shape index (κ3) is 2.58. The lowest BCUT2D eigenvalue weighted by molar-refractivity contribution is -0.0789. The minimum atomic E-state index is -1.62. The van der Waals surface area contributed by atoms with Gasteiger partial charge in [-0.05, 0) is 0 Å². The molecule has 0 aliphatic carbocycles. The van der Waals surface area contributed by atoms with Gasteiger partial charge >= 0.3 is 0 Å². The van der Waals surface area contributed by atoms with Gasteiger partial charge in [0.25, 0.3) is 0 Å². The van der Waals surface area contributed by atoms with Crippen LogP contribution in [0.1, 0.15) is 11.8 Å². The van der Waals surface area contributed by atoms with Crippen LogP contribution in [0.4, 0.5) is 11.8 Å². The zero-order valence-corrected chi connectivity index (χ0v) is 10.2. The Labute approximate surface area is 112 Å². The number of hydrogen-bond donors (Lipinski definition) is 6. The summed E-state index contributed by atoms with van der Waals surface area (Å²) in [5.74, 6) is -0.0837. The van der Waals surface area contributed by atoms with E-state index in [9.17, 15) is 15.3 Å². The Kier molecular flexibility index (Phi) is 3.90. The molecule has 10 nitrogen and oxygen atoms in total. The van der Waals surface area contributed by atoms with Crippen molar-refractivity contribution in [2.75, 3.05) is 18.1 Å². The first-order chi connectivity index (χ1) is 9.43. The highest BCUT2D eigenvalue weighted by molar-refractivity contribution is 5.81. The van der Waals surface area contributed by atoms with E-state index >= 15 is 0 Å². The van der Waals surface area contributed by atoms with E-state index in [1.54, 1.807) is 0 Å². The molecule has 0 spiro atoms. The predicted molar refractivity (Wildman–Crippen MR) is 68.0 cm³/mol. The molecule has 0 fully saturated rings. The van der Waals surface area contributed by atoms with Crippen LogP contribution >= 0.6 is 0 Å². The third-order valence-corrected chi connectivity index (χ3v) is 2.68. The summed E-state index contributed by atoms with van der Waals surface area (Å²) >= 11 is 0. The van der Waals surface area contributed by atoms with Crippen molar-refractivity contribution >= 4 is 22.9 Å². The summed E-state index contributed by atoms with van der Waals surface area (Å²) in [6.45, 7) is -0.707. The summed E-state index contributed by atoms with van der Waals surface area (Å²) in [5.41, 5.74) is 11.2. The summed E-state index contributed by atoms with van der Waals surface area (Å²) in [6.07, 6.45) is -3.53. The molecule has 2 heterocycles. The Balaban J connectivity index is 2.41. The topological polar surface area (TPSA) is 185 Å². The number of nitrogens with zero attached hydrogens (tertiary/aromatic N) is 4. The van der Waals surface area contributed by atoms with Gasteiger partial charge in [0, 0.05) is 0 Å². The molecule has 0 aliphatic rings. The van der Waals surface area contributed by atoms with Crippen molar-refractivity contribution in [3.05, 3.63) is 11.9 Å². The van der Waals surface area contributed by atoms with Gasteiger partial charge in [-0.1, -0.05) is 0 Å². The fraction of sp³-hybridized carbons (Fsp3) is 0.400. The molecule has 0 saturated carbocycles. The minimum Gasteiger partial charge on any atom is -0.394 e. The number of nitrogens with two attached hydrogens (primary N) is 2. The first-order valence-electron chi connectivity index (χ1n) is 5.64. The highest BCUT2D eigenvalue weighted by Crippen LogP contribution is 2.21. The third-order valence-electron chi connectivity index (χ3n) is 2.68. The van der Waals surface area contributed by atoms with E-state index < -0.39 is 24.9 Å². The molecule has 108 valence electrons. The van der Waals surface area contributed by atoms with Crippen LogP contribution in [0.25, 0.3) is 11.2 Å². The number of rotatable bonds is 4. The van der Waals surface area contributed by atoms with E-state index in [4.69, 9.17) is 16.6 Å². The van der Waals surface area contributed by atoms with Crippen molar-refractivity contribution in [2.24, 2.45) is 0 Å². The molecule has 0 saturated heterocycles. The van der Waals surface area contributed by atoms with E-state index in [0.29, 0.717) is 0 Å². The molecule has 0 bridgehead atoms. The predicted octanol–water partition coefficient (Wildman–Crippen LogP) is -2.67. The van der Waals surface area contributed by atoms with Crippen molar-refractivity contribution in [2.45, 2.75) is 18.3 Å². The molecule has 2 rings (SSSR count). The van der Waals surface area contributed by atoms with Crippen LogP contribution in [0.3, 0.4) is 0 Å². The fourth-order valence-electron chi connectivity index (χ4n) is 1.60. The van der Waals surface area contributed by atoms with Crippen molar-refractivity contribution in [3.8, 4) is 0 Å². The highest BCUT2D eigenvalue weighted by Gasteiger charge is 2.27. The minimum absolute atomic E-state index is 0.0220. The van der Waals surface area contributed by atoms with Gasteiger partial charge in [0.1, 0.15) is 18.3 Å². The second-order valence-electron chi connectivity index (χ2n) is 4.12. The first-order valence-corrected chi connectivity index (χ1v) is 5.64. The Hall–Kier alpha value is -2.14. The number of aromatic nitrogens is 4. The van der Waals surface area contributed by atoms with Gasteiger partial charge in [-0.25, -0.2) is 9.97 Å². The molecule has 20 heavy (non-hydrogen) atoms. The monoisotopic (exact) mass is 282 g/mol. The van der Waals surface area contributed by atoms with Gasteiger partial charge in [0.15, 0.2) is 17.0 Å². The summed E-state index contributed by atoms with van der Waals surface area (Å²) in [6, 6.07) is 0. The van der Waals surface area contributed by atoms with E-state index in [1.807, 2.05) is 0 Å². The molecular weight excluding hydrogens is 268 g/mol. The lowest BCUT2D eigenvalue weighted by atomic mass is 10.1. The summed E-state index contributed by atoms with van der Waals surface area (Å²) in [4.78, 5) is 15.4. The second-order valence-corrected chi connectivity index (χ2v) is 4.12. The largest absolute Gasteiger partial charge is 0.394 e. The SMILES string of the molecule is Nc1nc(N)c2nc(C(O)C(O)C(O)CO)cnc2n1. The number of anilines is 2. The zero-order valence-electron chi connectivity index (χ0n) is 10.2. The van der Waals surface area contributed by atoms with Gasteiger partial charge in [-0.3, -0.25) is 0 Å². The molecular formula is C10H14N6O4. The first kappa shape index (κ1) is 14.3. The molecule has 8 N–H and O–H groups in total. The highest BCUT2D eigenvalue weighted by atomic mass is 16.4. The van der Waals surface area contributed by atoms with Crippen molar-refractivity contribution in [1.29, 1.82) is 0 Å². The molecule has 3 unspecified atom stereocenters. The van der Waals surface area contributed by atoms with Crippen LogP contribution in [0.5, 0.6) is 0 Å². The maximum atomic E-state index is 9.87. The van der Waals surface area contributed by atoms with Crippen LogP contribution < -0.4 is 11.5 Å². The number of fused-ring (bicyclic) bond motifs is 1. The molecule has 2 aromatic rings. The van der Waals surface area contributed by atoms with Gasteiger partial charge in [0.2, 0.25) is 5.95 Å². The van der Waals surface area contributed by atoms with Crippen LogP contribution in [0.2, 0.25) is 0 Å². The van der Waals surface area contributed by atoms with Gasteiger partial charge < -0.3 is 31.9 Å². The van der Waals surface area contributed by atoms with Gasteiger partial charge in [0.05, 0.1) is 18.5 Å². The van der Waals surface area contributed by atoms with Crippen molar-refractivity contribution in [1.82, 2.24) is 19.9 Å². The average Bonchev–Trinajstić information content (AvgIpc) is 2.44. The quantitative estimate of drug-likeness (QED) is 0.345. The lowest BCUT2D eigenvalue weighted by Crippen LogP contribution is -2.35. The summed E-state index contributed by atoms with van der Waals surface area (Å²) in [7, 11) is 0. The van der Waals surface area contributed by atoms with Crippen LogP contribution in [0, 0.1) is 0 Å². The lowest BCUT2D eigenvalue weighted by Gasteiger charge is -2.20. The van der Waals surface area contributed by atoms with E-state index in [1.165, 1.54) is 0 Å². The molecule has 10 heteroatoms. The molecule has 0 aliphatic heterocycles. The Morgan fingerprint density at radius 3 is 2.45 bits per heavy atom. The number of aliphatic hydroxyl groups is 4. The second kappa shape index (κ2) is 5.46. The maximum absolute atomic E-state index is 9.87. The van der Waals surface area contributed by atoms with E-state index in [0.717, 1.165) is 6.20 Å². The molecule has 0 radical (unpaired) electrons. The zero-order chi connectivity index (χ0) is 14.9. The van der Waals surface area contributed by atoms with E-state index in [-0.39, 0.29) is 28.6 Å². The normalized spacial score (nSPS) is 16.0. The van der Waals surface area contributed by atoms with Gasteiger partial charge in [-0.15, -0.1) is 0 Å². The van der Waals surface area contributed by atoms with Gasteiger partial charge in [-0.2, -0.15) is 9.97 Å².